The van der Waals surface area contributed by atoms with Crippen LogP contribution in [0, 0.1) is 5.82 Å². The summed E-state index contributed by atoms with van der Waals surface area (Å²) in [4.78, 5) is 12.4. The van der Waals surface area contributed by atoms with E-state index in [1.165, 1.54) is 12.1 Å². The molecule has 0 unspecified atom stereocenters. The Bertz CT molecular complexity index is 956. The quantitative estimate of drug-likeness (QED) is 0.633. The summed E-state index contributed by atoms with van der Waals surface area (Å²) in [5.74, 6) is -0.471. The number of aliphatic hydroxyl groups excluding tert-OH is 1. The molecule has 1 fully saturated rings. The second kappa shape index (κ2) is 7.92. The van der Waals surface area contributed by atoms with Gasteiger partial charge in [-0.15, -0.1) is 0 Å². The smallest absolute Gasteiger partial charge is 0.237 e. The zero-order chi connectivity index (χ0) is 19.5. The number of carbonyl (C=O) groups is 1. The van der Waals surface area contributed by atoms with E-state index < -0.39 is 12.1 Å². The van der Waals surface area contributed by atoms with Gasteiger partial charge in [-0.05, 0) is 42.8 Å². The van der Waals surface area contributed by atoms with Gasteiger partial charge >= 0.3 is 0 Å². The Morgan fingerprint density at radius 2 is 1.96 bits per heavy atom. The Morgan fingerprint density at radius 1 is 1.21 bits per heavy atom. The lowest BCUT2D eigenvalue weighted by Crippen LogP contribution is -2.40. The highest BCUT2D eigenvalue weighted by Crippen LogP contribution is 2.24. The Morgan fingerprint density at radius 3 is 2.64 bits per heavy atom. The van der Waals surface area contributed by atoms with E-state index in [1.54, 1.807) is 16.8 Å². The monoisotopic (exact) mass is 380 g/mol. The number of nitrogens with zero attached hydrogens (tertiary/aromatic N) is 2. The predicted molar refractivity (Wildman–Crippen MR) is 103 cm³/mol. The van der Waals surface area contributed by atoms with Crippen LogP contribution in [0.2, 0.25) is 0 Å². The fourth-order valence-corrected chi connectivity index (χ4v) is 3.33. The molecule has 0 radical (unpaired) electrons. The lowest BCUT2D eigenvalue weighted by Gasteiger charge is -2.11. The number of para-hydroxylation sites is 1. The van der Waals surface area contributed by atoms with E-state index in [-0.39, 0.29) is 18.3 Å². The van der Waals surface area contributed by atoms with Crippen molar-refractivity contribution >= 4 is 5.91 Å². The average Bonchev–Trinajstić information content (AvgIpc) is 3.34. The van der Waals surface area contributed by atoms with Crippen molar-refractivity contribution in [1.29, 1.82) is 0 Å². The van der Waals surface area contributed by atoms with E-state index in [1.807, 2.05) is 36.5 Å². The zero-order valence-electron chi connectivity index (χ0n) is 15.2. The van der Waals surface area contributed by atoms with Gasteiger partial charge in [0.1, 0.15) is 5.82 Å². The van der Waals surface area contributed by atoms with Crippen molar-refractivity contribution < 1.29 is 14.3 Å². The van der Waals surface area contributed by atoms with Crippen molar-refractivity contribution in [1.82, 2.24) is 20.4 Å². The van der Waals surface area contributed by atoms with E-state index in [4.69, 9.17) is 0 Å². The first-order chi connectivity index (χ1) is 13.6. The van der Waals surface area contributed by atoms with E-state index in [2.05, 4.69) is 15.7 Å². The van der Waals surface area contributed by atoms with E-state index in [0.29, 0.717) is 18.7 Å². The van der Waals surface area contributed by atoms with Gasteiger partial charge in [0, 0.05) is 30.4 Å². The second-order valence-corrected chi connectivity index (χ2v) is 6.86. The van der Waals surface area contributed by atoms with Crippen LogP contribution in [-0.4, -0.2) is 39.5 Å². The summed E-state index contributed by atoms with van der Waals surface area (Å²) in [6, 6.07) is 15.4. The molecule has 2 atom stereocenters. The molecule has 2 heterocycles. The predicted octanol–water partition coefficient (Wildman–Crippen LogP) is 2.02. The first-order valence-corrected chi connectivity index (χ1v) is 9.19. The zero-order valence-corrected chi connectivity index (χ0v) is 15.2. The van der Waals surface area contributed by atoms with Crippen LogP contribution in [0.3, 0.4) is 0 Å². The molecule has 0 aliphatic carbocycles. The molecule has 144 valence electrons. The van der Waals surface area contributed by atoms with Crippen LogP contribution in [0.1, 0.15) is 12.0 Å². The van der Waals surface area contributed by atoms with Crippen molar-refractivity contribution in [3.05, 3.63) is 72.2 Å². The summed E-state index contributed by atoms with van der Waals surface area (Å²) in [5.41, 5.74) is 3.17. The maximum Gasteiger partial charge on any atom is 0.237 e. The summed E-state index contributed by atoms with van der Waals surface area (Å²) in [5, 5.41) is 20.2. The number of aliphatic hydroxyl groups is 1. The first-order valence-electron chi connectivity index (χ1n) is 9.19. The summed E-state index contributed by atoms with van der Waals surface area (Å²) in [6.45, 7) is 0.706. The van der Waals surface area contributed by atoms with Gasteiger partial charge in [-0.2, -0.15) is 5.10 Å². The molecule has 1 saturated heterocycles. The Labute approximate surface area is 162 Å². The second-order valence-electron chi connectivity index (χ2n) is 6.86. The van der Waals surface area contributed by atoms with Crippen LogP contribution >= 0.6 is 0 Å². The molecule has 3 N–H and O–H groups in total. The molecule has 1 aromatic heterocycles. The lowest BCUT2D eigenvalue weighted by molar-refractivity contribution is -0.123. The van der Waals surface area contributed by atoms with Gasteiger partial charge < -0.3 is 15.7 Å². The average molecular weight is 380 g/mol. The Balaban J connectivity index is 1.60. The van der Waals surface area contributed by atoms with Crippen LogP contribution < -0.4 is 10.6 Å². The van der Waals surface area contributed by atoms with Crippen LogP contribution in [0.4, 0.5) is 4.39 Å². The number of carbonyl (C=O) groups excluding carboxylic acids is 1. The number of nitrogens with one attached hydrogen (secondary N) is 2. The Hall–Kier alpha value is -3.03. The van der Waals surface area contributed by atoms with Gasteiger partial charge in [-0.3, -0.25) is 4.79 Å². The van der Waals surface area contributed by atoms with Crippen molar-refractivity contribution in [2.45, 2.75) is 25.1 Å². The minimum Gasteiger partial charge on any atom is -0.392 e. The largest absolute Gasteiger partial charge is 0.392 e. The number of hydrogen-bond donors (Lipinski definition) is 3. The molecule has 1 amide bonds. The van der Waals surface area contributed by atoms with Crippen molar-refractivity contribution in [3.63, 3.8) is 0 Å². The molecule has 28 heavy (non-hydrogen) atoms. The maximum atomic E-state index is 13.3. The molecule has 3 aromatic rings. The number of halogens is 1. The first kappa shape index (κ1) is 18.3. The summed E-state index contributed by atoms with van der Waals surface area (Å²) < 4.78 is 15.1. The number of hydrogen-bond acceptors (Lipinski definition) is 4. The molecule has 0 bridgehead atoms. The lowest BCUT2D eigenvalue weighted by atomic mass is 10.1. The minimum absolute atomic E-state index is 0.158. The van der Waals surface area contributed by atoms with Crippen LogP contribution in [0.5, 0.6) is 0 Å². The molecule has 2 aromatic carbocycles. The number of amides is 1. The van der Waals surface area contributed by atoms with Crippen molar-refractivity contribution in [3.8, 4) is 16.9 Å². The molecular formula is C21H21FN4O2. The molecule has 4 rings (SSSR count). The molecular weight excluding hydrogens is 359 g/mol. The van der Waals surface area contributed by atoms with Gasteiger partial charge in [0.05, 0.1) is 23.5 Å². The Kier molecular flexibility index (Phi) is 5.18. The van der Waals surface area contributed by atoms with Gasteiger partial charge in [0.2, 0.25) is 5.91 Å². The highest BCUT2D eigenvalue weighted by atomic mass is 19.1. The molecule has 0 spiro atoms. The van der Waals surface area contributed by atoms with Crippen molar-refractivity contribution in [2.75, 3.05) is 6.54 Å². The minimum atomic E-state index is -0.494. The van der Waals surface area contributed by atoms with E-state index in [9.17, 15) is 14.3 Å². The summed E-state index contributed by atoms with van der Waals surface area (Å²) >= 11 is 0. The van der Waals surface area contributed by atoms with E-state index >= 15 is 0 Å². The standard InChI is InChI=1S/C21H21FN4O2/c22-16-8-6-14(7-9-16)20-15(11-24-21(28)19-10-18(27)12-23-19)13-26(25-20)17-4-2-1-3-5-17/h1-9,13,18-19,23,27H,10-12H2,(H,24,28)/t18-,19-/m0/s1. The number of benzene rings is 2. The maximum absolute atomic E-state index is 13.3. The number of β-amino-alcohol motifs (C(OH)–C–C–N with tert-alkyl or cyclic N) is 1. The van der Waals surface area contributed by atoms with Gasteiger partial charge in [-0.25, -0.2) is 9.07 Å². The van der Waals surface area contributed by atoms with Crippen LogP contribution in [0.25, 0.3) is 16.9 Å². The van der Waals surface area contributed by atoms with Crippen molar-refractivity contribution in [2.24, 2.45) is 0 Å². The fourth-order valence-electron chi connectivity index (χ4n) is 3.33. The topological polar surface area (TPSA) is 79.2 Å². The molecule has 0 saturated carbocycles. The third-order valence-electron chi connectivity index (χ3n) is 4.81. The van der Waals surface area contributed by atoms with Crippen LogP contribution in [-0.2, 0) is 11.3 Å². The van der Waals surface area contributed by atoms with Crippen LogP contribution in [0.15, 0.2) is 60.8 Å². The van der Waals surface area contributed by atoms with Gasteiger partial charge in [0.25, 0.3) is 0 Å². The van der Waals surface area contributed by atoms with Gasteiger partial charge in [-0.1, -0.05) is 18.2 Å². The molecule has 1 aliphatic rings. The summed E-state index contributed by atoms with van der Waals surface area (Å²) in [7, 11) is 0. The molecule has 1 aliphatic heterocycles. The highest BCUT2D eigenvalue weighted by Gasteiger charge is 2.28. The highest BCUT2D eigenvalue weighted by molar-refractivity contribution is 5.82. The third-order valence-corrected chi connectivity index (χ3v) is 4.81. The van der Waals surface area contributed by atoms with Gasteiger partial charge in [0.15, 0.2) is 0 Å². The normalized spacial score (nSPS) is 18.9. The third kappa shape index (κ3) is 3.95. The fraction of sp³-hybridized carbons (Fsp3) is 0.238. The molecule has 6 nitrogen and oxygen atoms in total. The number of aromatic nitrogens is 2. The van der Waals surface area contributed by atoms with E-state index in [0.717, 1.165) is 16.8 Å². The molecule has 7 heteroatoms. The number of rotatable bonds is 5. The summed E-state index contributed by atoms with van der Waals surface area (Å²) in [6.07, 6.45) is 1.77. The SMILES string of the molecule is O=C(NCc1cn(-c2ccccc2)nc1-c1ccc(F)cc1)[C@@H]1C[C@H](O)CN1.